The maximum absolute atomic E-state index is 12.2. The van der Waals surface area contributed by atoms with Crippen molar-refractivity contribution in [1.29, 1.82) is 0 Å². The van der Waals surface area contributed by atoms with Crippen LogP contribution in [0.3, 0.4) is 0 Å². The SMILES string of the molecule is O=C(OCCO)c1ccccc1-c1ccccc1C(=O)OCCO. The number of aliphatic hydroxyl groups excluding tert-OH is 2. The predicted octanol–water partition coefficient (Wildman–Crippen LogP) is 1.65. The van der Waals surface area contributed by atoms with Crippen LogP contribution in [0.1, 0.15) is 20.7 Å². The number of aliphatic hydroxyl groups is 2. The fraction of sp³-hybridized carbons (Fsp3) is 0.222. The van der Waals surface area contributed by atoms with E-state index in [1.54, 1.807) is 48.5 Å². The van der Waals surface area contributed by atoms with Crippen molar-refractivity contribution in [2.75, 3.05) is 26.4 Å². The molecule has 6 heteroatoms. The van der Waals surface area contributed by atoms with E-state index < -0.39 is 11.9 Å². The number of carbonyl (C=O) groups excluding carboxylic acids is 2. The van der Waals surface area contributed by atoms with Crippen LogP contribution < -0.4 is 0 Å². The molecule has 0 bridgehead atoms. The first-order valence-corrected chi connectivity index (χ1v) is 7.43. The molecule has 0 aliphatic carbocycles. The number of benzene rings is 2. The second kappa shape index (κ2) is 8.81. The summed E-state index contributed by atoms with van der Waals surface area (Å²) in [5.41, 5.74) is 1.62. The zero-order chi connectivity index (χ0) is 17.4. The standard InChI is InChI=1S/C18H18O6/c19-9-11-23-17(21)15-7-3-1-5-13(15)14-6-2-4-8-16(14)18(22)24-12-10-20/h1-8,19-20H,9-12H2. The van der Waals surface area contributed by atoms with Gasteiger partial charge in [0.1, 0.15) is 13.2 Å². The van der Waals surface area contributed by atoms with Crippen molar-refractivity contribution >= 4 is 11.9 Å². The van der Waals surface area contributed by atoms with Crippen LogP contribution >= 0.6 is 0 Å². The molecule has 0 unspecified atom stereocenters. The van der Waals surface area contributed by atoms with Crippen LogP contribution in [0.25, 0.3) is 11.1 Å². The van der Waals surface area contributed by atoms with Crippen LogP contribution in [-0.2, 0) is 9.47 Å². The molecule has 126 valence electrons. The van der Waals surface area contributed by atoms with Gasteiger partial charge in [0, 0.05) is 0 Å². The summed E-state index contributed by atoms with van der Waals surface area (Å²) in [6, 6.07) is 13.4. The van der Waals surface area contributed by atoms with Gasteiger partial charge in [-0.05, 0) is 23.3 Å². The smallest absolute Gasteiger partial charge is 0.338 e. The summed E-state index contributed by atoms with van der Waals surface area (Å²) in [5.74, 6) is -1.17. The Morgan fingerprint density at radius 2 is 1.08 bits per heavy atom. The van der Waals surface area contributed by atoms with E-state index in [-0.39, 0.29) is 37.6 Å². The lowest BCUT2D eigenvalue weighted by Gasteiger charge is -2.13. The van der Waals surface area contributed by atoms with Crippen molar-refractivity contribution in [3.05, 3.63) is 59.7 Å². The lowest BCUT2D eigenvalue weighted by Crippen LogP contribution is -2.12. The van der Waals surface area contributed by atoms with Crippen molar-refractivity contribution < 1.29 is 29.3 Å². The normalized spacial score (nSPS) is 10.2. The number of esters is 2. The average molecular weight is 330 g/mol. The molecule has 0 fully saturated rings. The van der Waals surface area contributed by atoms with Gasteiger partial charge >= 0.3 is 11.9 Å². The quantitative estimate of drug-likeness (QED) is 0.750. The minimum atomic E-state index is -0.585. The number of ether oxygens (including phenoxy) is 2. The zero-order valence-corrected chi connectivity index (χ0v) is 13.0. The van der Waals surface area contributed by atoms with E-state index in [2.05, 4.69) is 0 Å². The summed E-state index contributed by atoms with van der Waals surface area (Å²) in [6.07, 6.45) is 0. The van der Waals surface area contributed by atoms with E-state index in [1.807, 2.05) is 0 Å². The summed E-state index contributed by atoms with van der Waals surface area (Å²) in [5, 5.41) is 17.6. The Bertz CT molecular complexity index is 649. The number of carbonyl (C=O) groups is 2. The molecular weight excluding hydrogens is 312 g/mol. The molecule has 0 spiro atoms. The Balaban J connectivity index is 2.42. The van der Waals surface area contributed by atoms with Gasteiger partial charge in [0.2, 0.25) is 0 Å². The number of hydrogen-bond donors (Lipinski definition) is 2. The molecule has 0 radical (unpaired) electrons. The van der Waals surface area contributed by atoms with Crippen LogP contribution in [0.5, 0.6) is 0 Å². The van der Waals surface area contributed by atoms with Gasteiger partial charge in [0.05, 0.1) is 24.3 Å². The maximum Gasteiger partial charge on any atom is 0.338 e. The maximum atomic E-state index is 12.2. The molecule has 0 amide bonds. The molecule has 2 rings (SSSR count). The summed E-state index contributed by atoms with van der Waals surface area (Å²) in [6.45, 7) is -0.739. The second-order valence-electron chi connectivity index (χ2n) is 4.81. The van der Waals surface area contributed by atoms with Gasteiger partial charge in [-0.3, -0.25) is 0 Å². The molecular formula is C18H18O6. The fourth-order valence-corrected chi connectivity index (χ4v) is 2.22. The Morgan fingerprint density at radius 1 is 0.708 bits per heavy atom. The first kappa shape index (κ1) is 17.7. The van der Waals surface area contributed by atoms with Gasteiger partial charge in [0.15, 0.2) is 0 Å². The highest BCUT2D eigenvalue weighted by molar-refractivity contribution is 6.03. The average Bonchev–Trinajstić information content (AvgIpc) is 2.64. The summed E-state index contributed by atoms with van der Waals surface area (Å²) < 4.78 is 9.93. The van der Waals surface area contributed by atoms with E-state index >= 15 is 0 Å². The van der Waals surface area contributed by atoms with E-state index in [9.17, 15) is 9.59 Å². The van der Waals surface area contributed by atoms with Crippen molar-refractivity contribution in [2.24, 2.45) is 0 Å². The summed E-state index contributed by atoms with van der Waals surface area (Å²) in [4.78, 5) is 24.3. The van der Waals surface area contributed by atoms with Gasteiger partial charge in [-0.15, -0.1) is 0 Å². The van der Waals surface area contributed by atoms with Gasteiger partial charge in [-0.25, -0.2) is 9.59 Å². The van der Waals surface area contributed by atoms with Crippen LogP contribution in [0.4, 0.5) is 0 Å². The third-order valence-electron chi connectivity index (χ3n) is 3.23. The van der Waals surface area contributed by atoms with E-state index in [4.69, 9.17) is 19.7 Å². The monoisotopic (exact) mass is 330 g/mol. The Labute approximate surface area is 139 Å². The summed E-state index contributed by atoms with van der Waals surface area (Å²) >= 11 is 0. The van der Waals surface area contributed by atoms with Crippen molar-refractivity contribution in [3.8, 4) is 11.1 Å². The molecule has 6 nitrogen and oxygen atoms in total. The minimum absolute atomic E-state index is 0.104. The third kappa shape index (κ3) is 4.18. The van der Waals surface area contributed by atoms with Crippen LogP contribution in [0.15, 0.2) is 48.5 Å². The van der Waals surface area contributed by atoms with Gasteiger partial charge in [-0.2, -0.15) is 0 Å². The second-order valence-corrected chi connectivity index (χ2v) is 4.81. The van der Waals surface area contributed by atoms with Crippen molar-refractivity contribution in [1.82, 2.24) is 0 Å². The summed E-state index contributed by atoms with van der Waals surface area (Å²) in [7, 11) is 0. The lowest BCUT2D eigenvalue weighted by molar-refractivity contribution is 0.0425. The van der Waals surface area contributed by atoms with Crippen molar-refractivity contribution in [3.63, 3.8) is 0 Å². The molecule has 0 atom stereocenters. The van der Waals surface area contributed by atoms with E-state index in [0.717, 1.165) is 0 Å². The molecule has 0 heterocycles. The lowest BCUT2D eigenvalue weighted by atomic mass is 9.95. The Hall–Kier alpha value is -2.70. The molecule has 2 aromatic rings. The van der Waals surface area contributed by atoms with E-state index in [1.165, 1.54) is 0 Å². The topological polar surface area (TPSA) is 93.1 Å². The Morgan fingerprint density at radius 3 is 1.46 bits per heavy atom. The highest BCUT2D eigenvalue weighted by Gasteiger charge is 2.19. The van der Waals surface area contributed by atoms with Crippen LogP contribution in [0.2, 0.25) is 0 Å². The number of rotatable bonds is 7. The van der Waals surface area contributed by atoms with Crippen LogP contribution in [-0.4, -0.2) is 48.6 Å². The van der Waals surface area contributed by atoms with E-state index in [0.29, 0.717) is 11.1 Å². The van der Waals surface area contributed by atoms with Crippen LogP contribution in [0, 0.1) is 0 Å². The molecule has 0 saturated carbocycles. The third-order valence-corrected chi connectivity index (χ3v) is 3.23. The number of hydrogen-bond acceptors (Lipinski definition) is 6. The van der Waals surface area contributed by atoms with Gasteiger partial charge in [-0.1, -0.05) is 36.4 Å². The van der Waals surface area contributed by atoms with Gasteiger partial charge < -0.3 is 19.7 Å². The molecule has 0 aliphatic rings. The first-order chi connectivity index (χ1) is 11.7. The molecule has 0 aromatic heterocycles. The van der Waals surface area contributed by atoms with Crippen molar-refractivity contribution in [2.45, 2.75) is 0 Å². The minimum Gasteiger partial charge on any atom is -0.460 e. The zero-order valence-electron chi connectivity index (χ0n) is 13.0. The highest BCUT2D eigenvalue weighted by atomic mass is 16.5. The molecule has 2 aromatic carbocycles. The molecule has 24 heavy (non-hydrogen) atoms. The van der Waals surface area contributed by atoms with Gasteiger partial charge in [0.25, 0.3) is 0 Å². The highest BCUT2D eigenvalue weighted by Crippen LogP contribution is 2.28. The Kier molecular flexibility index (Phi) is 6.48. The predicted molar refractivity (Wildman–Crippen MR) is 86.6 cm³/mol. The molecule has 2 N–H and O–H groups in total. The fourth-order valence-electron chi connectivity index (χ4n) is 2.22. The molecule has 0 aliphatic heterocycles. The largest absolute Gasteiger partial charge is 0.460 e. The molecule has 0 saturated heterocycles. The first-order valence-electron chi connectivity index (χ1n) is 7.43.